The van der Waals surface area contributed by atoms with Crippen molar-refractivity contribution in [1.29, 1.82) is 0 Å². The largest absolute Gasteiger partial charge is 0.473 e. The standard InChI is InChI=1S/C14H16N2O/c15-9-8-12-6-7-14(16-10-12)17-11-13-4-2-1-3-5-13/h1-7,10H,8-9,11,15H2. The highest BCUT2D eigenvalue weighted by Crippen LogP contribution is 2.10. The Morgan fingerprint density at radius 1 is 1.00 bits per heavy atom. The van der Waals surface area contributed by atoms with Crippen LogP contribution in [0, 0.1) is 0 Å². The molecule has 0 unspecified atom stereocenters. The van der Waals surface area contributed by atoms with Crippen molar-refractivity contribution in [2.75, 3.05) is 6.54 Å². The van der Waals surface area contributed by atoms with Gasteiger partial charge in [-0.3, -0.25) is 0 Å². The van der Waals surface area contributed by atoms with E-state index < -0.39 is 0 Å². The summed E-state index contributed by atoms with van der Waals surface area (Å²) in [6, 6.07) is 13.9. The number of pyridine rings is 1. The highest BCUT2D eigenvalue weighted by molar-refractivity contribution is 5.19. The molecule has 0 fully saturated rings. The van der Waals surface area contributed by atoms with E-state index in [4.69, 9.17) is 10.5 Å². The predicted octanol–water partition coefficient (Wildman–Crippen LogP) is 2.16. The lowest BCUT2D eigenvalue weighted by Crippen LogP contribution is -2.03. The fourth-order valence-electron chi connectivity index (χ4n) is 1.54. The highest BCUT2D eigenvalue weighted by atomic mass is 16.5. The van der Waals surface area contributed by atoms with Crippen molar-refractivity contribution in [3.05, 3.63) is 59.8 Å². The molecular weight excluding hydrogens is 212 g/mol. The van der Waals surface area contributed by atoms with Crippen LogP contribution in [0.1, 0.15) is 11.1 Å². The van der Waals surface area contributed by atoms with Crippen molar-refractivity contribution >= 4 is 0 Å². The second-order valence-corrected chi connectivity index (χ2v) is 3.82. The van der Waals surface area contributed by atoms with Gasteiger partial charge in [0.1, 0.15) is 6.61 Å². The van der Waals surface area contributed by atoms with Crippen LogP contribution in [-0.2, 0) is 13.0 Å². The zero-order valence-corrected chi connectivity index (χ0v) is 9.67. The van der Waals surface area contributed by atoms with E-state index in [1.54, 1.807) is 0 Å². The number of benzene rings is 1. The summed E-state index contributed by atoms with van der Waals surface area (Å²) in [4.78, 5) is 4.23. The van der Waals surface area contributed by atoms with Crippen LogP contribution in [0.5, 0.6) is 5.88 Å². The first-order valence-corrected chi connectivity index (χ1v) is 5.70. The minimum Gasteiger partial charge on any atom is -0.473 e. The average molecular weight is 228 g/mol. The van der Waals surface area contributed by atoms with Gasteiger partial charge in [0.25, 0.3) is 0 Å². The minimum atomic E-state index is 0.546. The molecular formula is C14H16N2O. The maximum absolute atomic E-state index is 5.58. The first kappa shape index (κ1) is 11.6. The molecule has 88 valence electrons. The zero-order valence-electron chi connectivity index (χ0n) is 9.67. The summed E-state index contributed by atoms with van der Waals surface area (Å²) in [7, 11) is 0. The van der Waals surface area contributed by atoms with Gasteiger partial charge < -0.3 is 10.5 Å². The molecule has 0 aliphatic rings. The Morgan fingerprint density at radius 3 is 2.47 bits per heavy atom. The maximum Gasteiger partial charge on any atom is 0.213 e. The van der Waals surface area contributed by atoms with Crippen LogP contribution in [0.2, 0.25) is 0 Å². The van der Waals surface area contributed by atoms with Gasteiger partial charge in [0.05, 0.1) is 0 Å². The fraction of sp³-hybridized carbons (Fsp3) is 0.214. The smallest absolute Gasteiger partial charge is 0.213 e. The monoisotopic (exact) mass is 228 g/mol. The van der Waals surface area contributed by atoms with E-state index in [1.165, 1.54) is 0 Å². The molecule has 1 aromatic carbocycles. The average Bonchev–Trinajstić information content (AvgIpc) is 2.40. The molecule has 0 spiro atoms. The Bertz CT molecular complexity index is 440. The molecule has 0 bridgehead atoms. The van der Waals surface area contributed by atoms with Crippen LogP contribution in [0.25, 0.3) is 0 Å². The molecule has 0 atom stereocenters. The summed E-state index contributed by atoms with van der Waals surface area (Å²) in [5.41, 5.74) is 7.75. The molecule has 0 saturated carbocycles. The van der Waals surface area contributed by atoms with Gasteiger partial charge in [0, 0.05) is 12.3 Å². The van der Waals surface area contributed by atoms with E-state index in [2.05, 4.69) is 4.98 Å². The van der Waals surface area contributed by atoms with Gasteiger partial charge in [-0.25, -0.2) is 4.98 Å². The molecule has 0 aliphatic heterocycles. The third-order valence-corrected chi connectivity index (χ3v) is 2.46. The van der Waals surface area contributed by atoms with Crippen LogP contribution < -0.4 is 10.5 Å². The van der Waals surface area contributed by atoms with Crippen molar-refractivity contribution in [3.8, 4) is 5.88 Å². The van der Waals surface area contributed by atoms with Crippen LogP contribution in [0.3, 0.4) is 0 Å². The zero-order chi connectivity index (χ0) is 11.9. The Kier molecular flexibility index (Phi) is 4.11. The van der Waals surface area contributed by atoms with Gasteiger partial charge in [-0.05, 0) is 24.1 Å². The van der Waals surface area contributed by atoms with Crippen molar-refractivity contribution in [3.63, 3.8) is 0 Å². The summed E-state index contributed by atoms with van der Waals surface area (Å²) in [6.07, 6.45) is 2.67. The number of hydrogen-bond acceptors (Lipinski definition) is 3. The van der Waals surface area contributed by atoms with Crippen molar-refractivity contribution in [2.45, 2.75) is 13.0 Å². The number of nitrogens with zero attached hydrogens (tertiary/aromatic N) is 1. The molecule has 2 aromatic rings. The lowest BCUT2D eigenvalue weighted by Gasteiger charge is -2.05. The second-order valence-electron chi connectivity index (χ2n) is 3.82. The molecule has 17 heavy (non-hydrogen) atoms. The molecule has 0 saturated heterocycles. The first-order chi connectivity index (χ1) is 8.38. The lowest BCUT2D eigenvalue weighted by molar-refractivity contribution is 0.294. The Morgan fingerprint density at radius 2 is 1.82 bits per heavy atom. The van der Waals surface area contributed by atoms with E-state index >= 15 is 0 Å². The van der Waals surface area contributed by atoms with Crippen LogP contribution in [0.15, 0.2) is 48.7 Å². The van der Waals surface area contributed by atoms with Gasteiger partial charge in [-0.15, -0.1) is 0 Å². The molecule has 3 nitrogen and oxygen atoms in total. The van der Waals surface area contributed by atoms with Crippen molar-refractivity contribution in [2.24, 2.45) is 5.73 Å². The SMILES string of the molecule is NCCc1ccc(OCc2ccccc2)nc1. The maximum atomic E-state index is 5.58. The van der Waals surface area contributed by atoms with Crippen LogP contribution in [0.4, 0.5) is 0 Å². The number of nitrogens with two attached hydrogens (primary N) is 1. The van der Waals surface area contributed by atoms with Crippen LogP contribution >= 0.6 is 0 Å². The Balaban J connectivity index is 1.91. The summed E-state index contributed by atoms with van der Waals surface area (Å²) in [5.74, 6) is 0.648. The van der Waals surface area contributed by atoms with Crippen molar-refractivity contribution in [1.82, 2.24) is 4.98 Å². The van der Waals surface area contributed by atoms with Gasteiger partial charge >= 0.3 is 0 Å². The van der Waals surface area contributed by atoms with E-state index in [-0.39, 0.29) is 0 Å². The normalized spacial score (nSPS) is 10.2. The summed E-state index contributed by atoms with van der Waals surface area (Å²) in [5, 5.41) is 0. The summed E-state index contributed by atoms with van der Waals surface area (Å²) in [6.45, 7) is 1.19. The topological polar surface area (TPSA) is 48.1 Å². The van der Waals surface area contributed by atoms with Crippen LogP contribution in [-0.4, -0.2) is 11.5 Å². The fourth-order valence-corrected chi connectivity index (χ4v) is 1.54. The van der Waals surface area contributed by atoms with E-state index in [0.29, 0.717) is 19.0 Å². The highest BCUT2D eigenvalue weighted by Gasteiger charge is 1.97. The van der Waals surface area contributed by atoms with Gasteiger partial charge in [-0.2, -0.15) is 0 Å². The molecule has 1 aromatic heterocycles. The first-order valence-electron chi connectivity index (χ1n) is 5.70. The van der Waals surface area contributed by atoms with Gasteiger partial charge in [-0.1, -0.05) is 36.4 Å². The summed E-state index contributed by atoms with van der Waals surface area (Å²) >= 11 is 0. The van der Waals surface area contributed by atoms with E-state index in [0.717, 1.165) is 17.5 Å². The molecule has 0 radical (unpaired) electrons. The molecule has 0 aliphatic carbocycles. The second kappa shape index (κ2) is 6.01. The lowest BCUT2D eigenvalue weighted by atomic mass is 10.2. The number of ether oxygens (including phenoxy) is 1. The number of rotatable bonds is 5. The van der Waals surface area contributed by atoms with Gasteiger partial charge in [0.15, 0.2) is 0 Å². The third kappa shape index (κ3) is 3.57. The number of hydrogen-bond donors (Lipinski definition) is 1. The third-order valence-electron chi connectivity index (χ3n) is 2.46. The summed E-state index contributed by atoms with van der Waals surface area (Å²) < 4.78 is 5.58. The minimum absolute atomic E-state index is 0.546. The van der Waals surface area contributed by atoms with Gasteiger partial charge in [0.2, 0.25) is 5.88 Å². The molecule has 1 heterocycles. The van der Waals surface area contributed by atoms with Crippen molar-refractivity contribution < 1.29 is 4.74 Å². The predicted molar refractivity (Wildman–Crippen MR) is 67.8 cm³/mol. The molecule has 2 rings (SSSR count). The number of aromatic nitrogens is 1. The molecule has 0 amide bonds. The van der Waals surface area contributed by atoms with E-state index in [9.17, 15) is 0 Å². The quantitative estimate of drug-likeness (QED) is 0.853. The Labute approximate surface area is 101 Å². The molecule has 3 heteroatoms. The van der Waals surface area contributed by atoms with E-state index in [1.807, 2.05) is 48.7 Å². The Hall–Kier alpha value is -1.87. The molecule has 2 N–H and O–H groups in total.